The Hall–Kier alpha value is -1.26. The first kappa shape index (κ1) is 15.1. The Bertz CT molecular complexity index is 516. The predicted molar refractivity (Wildman–Crippen MR) is 78.4 cm³/mol. The summed E-state index contributed by atoms with van der Waals surface area (Å²) in [5.74, 6) is -0.242. The highest BCUT2D eigenvalue weighted by Crippen LogP contribution is 2.40. The van der Waals surface area contributed by atoms with Gasteiger partial charge in [-0.25, -0.2) is 0 Å². The molecule has 0 bridgehead atoms. The monoisotopic (exact) mass is 297 g/mol. The summed E-state index contributed by atoms with van der Waals surface area (Å²) < 4.78 is 5.41. The molecule has 0 aliphatic heterocycles. The standard InChI is InChI=1S/C15H20ClNO3/c1-20-15-11(12(17)6-7-13(18)19)8-9-4-2-3-5-10(9)14(15)16/h8,12H,2-7,17H2,1H3,(H,18,19). The number of hydrogen-bond acceptors (Lipinski definition) is 3. The molecule has 1 aromatic rings. The van der Waals surface area contributed by atoms with Gasteiger partial charge < -0.3 is 15.6 Å². The van der Waals surface area contributed by atoms with Crippen LogP contribution in [0.25, 0.3) is 0 Å². The lowest BCUT2D eigenvalue weighted by molar-refractivity contribution is -0.137. The highest BCUT2D eigenvalue weighted by molar-refractivity contribution is 6.33. The smallest absolute Gasteiger partial charge is 0.303 e. The SMILES string of the molecule is COc1c(C(N)CCC(=O)O)cc2c(c1Cl)CCCC2. The number of fused-ring (bicyclic) bond motifs is 1. The van der Waals surface area contributed by atoms with Gasteiger partial charge in [-0.3, -0.25) is 4.79 Å². The Labute approximate surface area is 123 Å². The first-order valence-corrected chi connectivity index (χ1v) is 7.28. The summed E-state index contributed by atoms with van der Waals surface area (Å²) in [7, 11) is 1.57. The normalized spacial score (nSPS) is 15.6. The number of methoxy groups -OCH3 is 1. The van der Waals surface area contributed by atoms with Gasteiger partial charge >= 0.3 is 5.97 Å². The molecule has 0 radical (unpaired) electrons. The van der Waals surface area contributed by atoms with E-state index >= 15 is 0 Å². The second-order valence-corrected chi connectivity index (χ2v) is 5.57. The number of carbonyl (C=O) groups is 1. The molecule has 0 amide bonds. The van der Waals surface area contributed by atoms with E-state index in [9.17, 15) is 4.79 Å². The molecule has 5 heteroatoms. The van der Waals surface area contributed by atoms with Crippen molar-refractivity contribution in [2.24, 2.45) is 5.73 Å². The highest BCUT2D eigenvalue weighted by atomic mass is 35.5. The van der Waals surface area contributed by atoms with Gasteiger partial charge in [0.1, 0.15) is 5.75 Å². The van der Waals surface area contributed by atoms with Gasteiger partial charge in [-0.05, 0) is 43.2 Å². The third kappa shape index (κ3) is 3.07. The van der Waals surface area contributed by atoms with Gasteiger partial charge in [-0.15, -0.1) is 0 Å². The predicted octanol–water partition coefficient (Wildman–Crippen LogP) is 3.09. The third-order valence-electron chi connectivity index (χ3n) is 3.84. The van der Waals surface area contributed by atoms with Gasteiger partial charge in [0.25, 0.3) is 0 Å². The number of rotatable bonds is 5. The number of hydrogen-bond donors (Lipinski definition) is 2. The maximum absolute atomic E-state index is 10.7. The molecule has 0 aromatic heterocycles. The molecule has 1 aliphatic rings. The Morgan fingerprint density at radius 3 is 2.85 bits per heavy atom. The van der Waals surface area contributed by atoms with Gasteiger partial charge in [0, 0.05) is 18.0 Å². The zero-order valence-electron chi connectivity index (χ0n) is 11.6. The molecule has 0 saturated carbocycles. The van der Waals surface area contributed by atoms with Crippen molar-refractivity contribution in [3.63, 3.8) is 0 Å². The van der Waals surface area contributed by atoms with E-state index in [1.165, 1.54) is 5.56 Å². The topological polar surface area (TPSA) is 72.5 Å². The van der Waals surface area contributed by atoms with Crippen LogP contribution in [0.1, 0.15) is 48.4 Å². The van der Waals surface area contributed by atoms with Crippen LogP contribution in [0.4, 0.5) is 0 Å². The van der Waals surface area contributed by atoms with Gasteiger partial charge in [-0.1, -0.05) is 17.7 Å². The Balaban J connectivity index is 2.36. The molecule has 1 aromatic carbocycles. The van der Waals surface area contributed by atoms with Crippen molar-refractivity contribution in [3.8, 4) is 5.75 Å². The summed E-state index contributed by atoms with van der Waals surface area (Å²) in [6.45, 7) is 0. The van der Waals surface area contributed by atoms with Crippen LogP contribution in [0.2, 0.25) is 5.02 Å². The minimum atomic E-state index is -0.844. The van der Waals surface area contributed by atoms with Crippen molar-refractivity contribution in [2.45, 2.75) is 44.6 Å². The number of carboxylic acid groups (broad SMARTS) is 1. The molecular formula is C15H20ClNO3. The van der Waals surface area contributed by atoms with Crippen LogP contribution in [0.15, 0.2) is 6.07 Å². The van der Waals surface area contributed by atoms with Gasteiger partial charge in [-0.2, -0.15) is 0 Å². The van der Waals surface area contributed by atoms with Gasteiger partial charge in [0.05, 0.1) is 12.1 Å². The molecule has 1 aliphatic carbocycles. The zero-order chi connectivity index (χ0) is 14.7. The zero-order valence-corrected chi connectivity index (χ0v) is 12.4. The molecule has 1 unspecified atom stereocenters. The van der Waals surface area contributed by atoms with Crippen LogP contribution in [-0.4, -0.2) is 18.2 Å². The van der Waals surface area contributed by atoms with Crippen molar-refractivity contribution in [3.05, 3.63) is 27.8 Å². The number of ether oxygens (including phenoxy) is 1. The van der Waals surface area contributed by atoms with Crippen LogP contribution >= 0.6 is 11.6 Å². The Kier molecular flexibility index (Phi) is 4.89. The number of nitrogens with two attached hydrogens (primary N) is 1. The van der Waals surface area contributed by atoms with E-state index in [0.717, 1.165) is 36.8 Å². The van der Waals surface area contributed by atoms with Crippen molar-refractivity contribution in [2.75, 3.05) is 7.11 Å². The van der Waals surface area contributed by atoms with Crippen molar-refractivity contribution < 1.29 is 14.6 Å². The Morgan fingerprint density at radius 1 is 1.50 bits per heavy atom. The summed E-state index contributed by atoms with van der Waals surface area (Å²) in [6, 6.07) is 1.68. The second kappa shape index (κ2) is 6.46. The first-order chi connectivity index (χ1) is 9.54. The van der Waals surface area contributed by atoms with E-state index < -0.39 is 5.97 Å². The van der Waals surface area contributed by atoms with E-state index in [2.05, 4.69) is 0 Å². The van der Waals surface area contributed by atoms with Crippen LogP contribution in [0.3, 0.4) is 0 Å². The summed E-state index contributed by atoms with van der Waals surface area (Å²) in [4.78, 5) is 10.7. The van der Waals surface area contributed by atoms with Gasteiger partial charge in [0.15, 0.2) is 0 Å². The van der Waals surface area contributed by atoms with E-state index in [-0.39, 0.29) is 12.5 Å². The third-order valence-corrected chi connectivity index (χ3v) is 4.24. The number of carboxylic acids is 1. The second-order valence-electron chi connectivity index (χ2n) is 5.20. The van der Waals surface area contributed by atoms with E-state index in [0.29, 0.717) is 17.2 Å². The molecule has 20 heavy (non-hydrogen) atoms. The van der Waals surface area contributed by atoms with Gasteiger partial charge in [0.2, 0.25) is 0 Å². The Morgan fingerprint density at radius 2 is 2.20 bits per heavy atom. The van der Waals surface area contributed by atoms with Crippen molar-refractivity contribution >= 4 is 17.6 Å². The average molecular weight is 298 g/mol. The quantitative estimate of drug-likeness (QED) is 0.876. The number of aliphatic carboxylic acids is 1. The molecule has 2 rings (SSSR count). The van der Waals surface area contributed by atoms with E-state index in [4.69, 9.17) is 27.2 Å². The van der Waals surface area contributed by atoms with Crippen LogP contribution in [-0.2, 0) is 17.6 Å². The first-order valence-electron chi connectivity index (χ1n) is 6.90. The van der Waals surface area contributed by atoms with E-state index in [1.807, 2.05) is 6.07 Å². The summed E-state index contributed by atoms with van der Waals surface area (Å²) >= 11 is 6.44. The molecule has 3 N–H and O–H groups in total. The largest absolute Gasteiger partial charge is 0.495 e. The van der Waals surface area contributed by atoms with E-state index in [1.54, 1.807) is 7.11 Å². The molecule has 110 valence electrons. The molecule has 1 atom stereocenters. The maximum atomic E-state index is 10.7. The minimum Gasteiger partial charge on any atom is -0.495 e. The summed E-state index contributed by atoms with van der Waals surface area (Å²) in [5, 5.41) is 9.41. The lowest BCUT2D eigenvalue weighted by Crippen LogP contribution is -2.16. The van der Waals surface area contributed by atoms with Crippen molar-refractivity contribution in [1.82, 2.24) is 0 Å². The van der Waals surface area contributed by atoms with Crippen molar-refractivity contribution in [1.29, 1.82) is 0 Å². The summed E-state index contributed by atoms with van der Waals surface area (Å²) in [5.41, 5.74) is 9.32. The minimum absolute atomic E-state index is 0.0407. The molecule has 0 spiro atoms. The molecule has 0 fully saturated rings. The highest BCUT2D eigenvalue weighted by Gasteiger charge is 2.23. The van der Waals surface area contributed by atoms with Crippen LogP contribution in [0.5, 0.6) is 5.75 Å². The number of benzene rings is 1. The maximum Gasteiger partial charge on any atom is 0.303 e. The van der Waals surface area contributed by atoms with Crippen LogP contribution < -0.4 is 10.5 Å². The summed E-state index contributed by atoms with van der Waals surface area (Å²) in [6.07, 6.45) is 4.67. The fourth-order valence-corrected chi connectivity index (χ4v) is 3.18. The molecule has 4 nitrogen and oxygen atoms in total. The fourth-order valence-electron chi connectivity index (χ4n) is 2.77. The lowest BCUT2D eigenvalue weighted by Gasteiger charge is -2.24. The lowest BCUT2D eigenvalue weighted by atomic mass is 9.87. The molecular weight excluding hydrogens is 278 g/mol. The van der Waals surface area contributed by atoms with Crippen LogP contribution in [0, 0.1) is 0 Å². The fraction of sp³-hybridized carbons (Fsp3) is 0.533. The number of halogens is 1. The molecule has 0 saturated heterocycles. The average Bonchev–Trinajstić information content (AvgIpc) is 2.44. The molecule has 0 heterocycles. The number of aryl methyl sites for hydroxylation is 1.